The molecule has 0 atom stereocenters. The zero-order valence-corrected chi connectivity index (χ0v) is 17.8. The van der Waals surface area contributed by atoms with Gasteiger partial charge in [0.25, 0.3) is 11.6 Å². The molecule has 164 valence electrons. The topological polar surface area (TPSA) is 111 Å². The second-order valence-electron chi connectivity index (χ2n) is 6.95. The van der Waals surface area contributed by atoms with Gasteiger partial charge in [0.15, 0.2) is 6.61 Å². The third kappa shape index (κ3) is 4.81. The molecule has 0 aliphatic carbocycles. The fourth-order valence-electron chi connectivity index (χ4n) is 3.28. The van der Waals surface area contributed by atoms with E-state index in [0.29, 0.717) is 27.2 Å². The first-order chi connectivity index (χ1) is 15.9. The van der Waals surface area contributed by atoms with Crippen LogP contribution in [0.4, 0.5) is 11.4 Å². The minimum atomic E-state index is -0.736. The van der Waals surface area contributed by atoms with Crippen LogP contribution in [0.3, 0.4) is 0 Å². The SMILES string of the molecule is O=C(COC(=O)c1cc(-c2ccccc2Cl)nc2ccccc12)Nc1ccccc1[N+](=O)[O-]. The molecule has 4 rings (SSSR count). The number of para-hydroxylation sites is 3. The second kappa shape index (κ2) is 9.46. The van der Waals surface area contributed by atoms with Gasteiger partial charge in [-0.2, -0.15) is 0 Å². The van der Waals surface area contributed by atoms with Gasteiger partial charge >= 0.3 is 5.97 Å². The Labute approximate surface area is 192 Å². The van der Waals surface area contributed by atoms with E-state index in [1.54, 1.807) is 54.6 Å². The van der Waals surface area contributed by atoms with Gasteiger partial charge in [0, 0.05) is 22.0 Å². The first-order valence-electron chi connectivity index (χ1n) is 9.79. The van der Waals surface area contributed by atoms with Crippen LogP contribution >= 0.6 is 11.6 Å². The van der Waals surface area contributed by atoms with Gasteiger partial charge in [0.1, 0.15) is 5.69 Å². The maximum absolute atomic E-state index is 12.9. The highest BCUT2D eigenvalue weighted by molar-refractivity contribution is 6.33. The lowest BCUT2D eigenvalue weighted by Gasteiger charge is -2.11. The molecule has 1 heterocycles. The normalized spacial score (nSPS) is 10.6. The maximum Gasteiger partial charge on any atom is 0.339 e. The van der Waals surface area contributed by atoms with Crippen molar-refractivity contribution in [2.24, 2.45) is 0 Å². The third-order valence-corrected chi connectivity index (χ3v) is 5.12. The smallest absolute Gasteiger partial charge is 0.339 e. The number of anilines is 1. The van der Waals surface area contributed by atoms with E-state index in [4.69, 9.17) is 16.3 Å². The van der Waals surface area contributed by atoms with Crippen molar-refractivity contribution in [1.82, 2.24) is 4.98 Å². The number of halogens is 1. The Balaban J connectivity index is 1.58. The van der Waals surface area contributed by atoms with Crippen molar-refractivity contribution in [3.05, 3.63) is 99.6 Å². The Kier molecular flexibility index (Phi) is 6.28. The number of aromatic nitrogens is 1. The summed E-state index contributed by atoms with van der Waals surface area (Å²) < 4.78 is 5.21. The zero-order valence-electron chi connectivity index (χ0n) is 17.0. The molecule has 0 saturated heterocycles. The molecule has 0 saturated carbocycles. The molecule has 0 radical (unpaired) electrons. The fraction of sp³-hybridized carbons (Fsp3) is 0.0417. The van der Waals surface area contributed by atoms with E-state index >= 15 is 0 Å². The number of ether oxygens (including phenoxy) is 1. The average molecular weight is 462 g/mol. The van der Waals surface area contributed by atoms with Crippen molar-refractivity contribution in [2.45, 2.75) is 0 Å². The molecule has 0 fully saturated rings. The van der Waals surface area contributed by atoms with Crippen LogP contribution in [0, 0.1) is 10.1 Å². The number of esters is 1. The monoisotopic (exact) mass is 461 g/mol. The molecule has 9 heteroatoms. The lowest BCUT2D eigenvalue weighted by atomic mass is 10.0. The standard InChI is InChI=1S/C24H16ClN3O5/c25-18-9-3-1-8-16(18)21-13-17(15-7-2-4-10-19(15)26-21)24(30)33-14-23(29)27-20-11-5-6-12-22(20)28(31)32/h1-13H,14H2,(H,27,29). The number of nitrogens with zero attached hydrogens (tertiary/aromatic N) is 2. The summed E-state index contributed by atoms with van der Waals surface area (Å²) in [6.45, 7) is -0.622. The number of nitrogens with one attached hydrogen (secondary N) is 1. The Bertz CT molecular complexity index is 1390. The molecule has 0 bridgehead atoms. The minimum absolute atomic E-state index is 0.0129. The van der Waals surface area contributed by atoms with Gasteiger partial charge in [-0.05, 0) is 24.3 Å². The number of nitro benzene ring substituents is 1. The number of benzene rings is 3. The van der Waals surface area contributed by atoms with Crippen LogP contribution in [-0.4, -0.2) is 28.4 Å². The fourth-order valence-corrected chi connectivity index (χ4v) is 3.52. The Morgan fingerprint density at radius 2 is 1.70 bits per heavy atom. The lowest BCUT2D eigenvalue weighted by molar-refractivity contribution is -0.383. The average Bonchev–Trinajstić information content (AvgIpc) is 2.82. The van der Waals surface area contributed by atoms with Gasteiger partial charge in [-0.3, -0.25) is 14.9 Å². The Morgan fingerprint density at radius 3 is 2.48 bits per heavy atom. The van der Waals surface area contributed by atoms with Gasteiger partial charge in [-0.1, -0.05) is 60.1 Å². The molecule has 4 aromatic rings. The third-order valence-electron chi connectivity index (χ3n) is 4.80. The summed E-state index contributed by atoms with van der Waals surface area (Å²) in [5, 5.41) is 14.5. The summed E-state index contributed by atoms with van der Waals surface area (Å²) in [6, 6.07) is 21.4. The van der Waals surface area contributed by atoms with Crippen LogP contribution in [0.15, 0.2) is 78.9 Å². The largest absolute Gasteiger partial charge is 0.452 e. The molecule has 3 aromatic carbocycles. The van der Waals surface area contributed by atoms with Crippen molar-refractivity contribution < 1.29 is 19.2 Å². The number of amides is 1. The summed E-state index contributed by atoms with van der Waals surface area (Å²) in [6.07, 6.45) is 0. The Hall–Kier alpha value is -4.30. The van der Waals surface area contributed by atoms with Crippen LogP contribution in [0.1, 0.15) is 10.4 Å². The molecule has 0 aliphatic rings. The number of pyridine rings is 1. The number of hydrogen-bond donors (Lipinski definition) is 1. The first-order valence-corrected chi connectivity index (χ1v) is 10.2. The summed E-state index contributed by atoms with van der Waals surface area (Å²) in [5.41, 5.74) is 1.66. The van der Waals surface area contributed by atoms with E-state index in [2.05, 4.69) is 10.3 Å². The first kappa shape index (κ1) is 21.9. The molecule has 0 aliphatic heterocycles. The van der Waals surface area contributed by atoms with Crippen molar-refractivity contribution >= 4 is 45.8 Å². The number of hydrogen-bond acceptors (Lipinski definition) is 6. The molecule has 33 heavy (non-hydrogen) atoms. The minimum Gasteiger partial charge on any atom is -0.452 e. The van der Waals surface area contributed by atoms with E-state index < -0.39 is 23.4 Å². The van der Waals surface area contributed by atoms with Gasteiger partial charge in [0.05, 0.1) is 21.7 Å². The van der Waals surface area contributed by atoms with E-state index in [1.807, 2.05) is 6.07 Å². The van der Waals surface area contributed by atoms with Crippen molar-refractivity contribution in [3.8, 4) is 11.3 Å². The van der Waals surface area contributed by atoms with Gasteiger partial charge in [0.2, 0.25) is 0 Å². The summed E-state index contributed by atoms with van der Waals surface area (Å²) in [4.78, 5) is 40.3. The van der Waals surface area contributed by atoms with E-state index in [1.165, 1.54) is 18.2 Å². The molecular weight excluding hydrogens is 446 g/mol. The molecule has 0 spiro atoms. The van der Waals surface area contributed by atoms with Crippen molar-refractivity contribution in [2.75, 3.05) is 11.9 Å². The zero-order chi connectivity index (χ0) is 23.4. The van der Waals surface area contributed by atoms with Gasteiger partial charge < -0.3 is 10.1 Å². The lowest BCUT2D eigenvalue weighted by Crippen LogP contribution is -2.21. The molecule has 1 aromatic heterocycles. The molecule has 8 nitrogen and oxygen atoms in total. The van der Waals surface area contributed by atoms with E-state index in [-0.39, 0.29) is 16.9 Å². The number of nitro groups is 1. The van der Waals surface area contributed by atoms with E-state index in [0.717, 1.165) is 0 Å². The number of rotatable bonds is 6. The highest BCUT2D eigenvalue weighted by atomic mass is 35.5. The van der Waals surface area contributed by atoms with Crippen molar-refractivity contribution in [1.29, 1.82) is 0 Å². The Morgan fingerprint density at radius 1 is 1.00 bits per heavy atom. The summed E-state index contributed by atoms with van der Waals surface area (Å²) in [5.74, 6) is -1.44. The van der Waals surface area contributed by atoms with E-state index in [9.17, 15) is 19.7 Å². The van der Waals surface area contributed by atoms with Crippen LogP contribution in [-0.2, 0) is 9.53 Å². The maximum atomic E-state index is 12.9. The van der Waals surface area contributed by atoms with Crippen molar-refractivity contribution in [3.63, 3.8) is 0 Å². The number of fused-ring (bicyclic) bond motifs is 1. The highest BCUT2D eigenvalue weighted by Crippen LogP contribution is 2.30. The quantitative estimate of drug-likeness (QED) is 0.238. The van der Waals surface area contributed by atoms with Crippen LogP contribution in [0.2, 0.25) is 5.02 Å². The molecular formula is C24H16ClN3O5. The molecule has 1 amide bonds. The van der Waals surface area contributed by atoms with Crippen LogP contribution < -0.4 is 5.32 Å². The predicted molar refractivity (Wildman–Crippen MR) is 124 cm³/mol. The number of carbonyl (C=O) groups is 2. The van der Waals surface area contributed by atoms with Gasteiger partial charge in [-0.25, -0.2) is 9.78 Å². The van der Waals surface area contributed by atoms with Crippen LogP contribution in [0.25, 0.3) is 22.2 Å². The highest BCUT2D eigenvalue weighted by Gasteiger charge is 2.19. The number of carbonyl (C=O) groups excluding carboxylic acids is 2. The van der Waals surface area contributed by atoms with Crippen LogP contribution in [0.5, 0.6) is 0 Å². The summed E-state index contributed by atoms with van der Waals surface area (Å²) in [7, 11) is 0. The second-order valence-corrected chi connectivity index (χ2v) is 7.36. The predicted octanol–water partition coefficient (Wildman–Crippen LogP) is 5.26. The molecule has 0 unspecified atom stereocenters. The summed E-state index contributed by atoms with van der Waals surface area (Å²) >= 11 is 6.30. The van der Waals surface area contributed by atoms with Gasteiger partial charge in [-0.15, -0.1) is 0 Å². The molecule has 1 N–H and O–H groups in total.